The van der Waals surface area contributed by atoms with Gasteiger partial charge in [0, 0.05) is 11.3 Å². The van der Waals surface area contributed by atoms with E-state index in [1.165, 1.54) is 5.56 Å². The van der Waals surface area contributed by atoms with Gasteiger partial charge < -0.3 is 15.2 Å². The fourth-order valence-electron chi connectivity index (χ4n) is 4.21. The number of carboxylic acid groups (broad SMARTS) is 1. The number of amides is 1. The van der Waals surface area contributed by atoms with Crippen molar-refractivity contribution in [3.8, 4) is 5.75 Å². The Hall–Kier alpha value is -3.34. The summed E-state index contributed by atoms with van der Waals surface area (Å²) in [5.41, 5.74) is 2.55. The molecule has 5 heteroatoms. The summed E-state index contributed by atoms with van der Waals surface area (Å²) in [6.07, 6.45) is 3.24. The molecule has 1 aliphatic carbocycles. The van der Waals surface area contributed by atoms with E-state index in [2.05, 4.69) is 5.32 Å². The molecule has 0 spiro atoms. The van der Waals surface area contributed by atoms with Crippen LogP contribution in [0.4, 0.5) is 5.69 Å². The second-order valence-corrected chi connectivity index (χ2v) is 7.89. The number of benzene rings is 3. The molecule has 0 aliphatic heterocycles. The molecular weight excluding hydrogens is 378 g/mol. The van der Waals surface area contributed by atoms with Crippen LogP contribution < -0.4 is 10.1 Å². The van der Waals surface area contributed by atoms with Crippen LogP contribution in [0.25, 0.3) is 10.8 Å². The van der Waals surface area contributed by atoms with Crippen molar-refractivity contribution in [3.63, 3.8) is 0 Å². The van der Waals surface area contributed by atoms with E-state index in [0.29, 0.717) is 11.5 Å². The van der Waals surface area contributed by atoms with Crippen LogP contribution in [0.2, 0.25) is 0 Å². The van der Waals surface area contributed by atoms with Crippen LogP contribution >= 0.6 is 0 Å². The Labute approximate surface area is 175 Å². The van der Waals surface area contributed by atoms with E-state index in [9.17, 15) is 9.59 Å². The number of carbonyl (C=O) groups excluding carboxylic acids is 1. The van der Waals surface area contributed by atoms with Gasteiger partial charge >= 0.3 is 5.97 Å². The van der Waals surface area contributed by atoms with Crippen molar-refractivity contribution in [2.75, 3.05) is 12.4 Å². The Balaban J connectivity index is 1.41. The lowest BCUT2D eigenvalue weighted by Gasteiger charge is -2.26. The smallest absolute Gasteiger partial charge is 0.306 e. The van der Waals surface area contributed by atoms with Gasteiger partial charge in [-0.05, 0) is 84.3 Å². The van der Waals surface area contributed by atoms with Crippen LogP contribution in [0.3, 0.4) is 0 Å². The summed E-state index contributed by atoms with van der Waals surface area (Å²) >= 11 is 0. The molecule has 0 aromatic heterocycles. The van der Waals surface area contributed by atoms with Gasteiger partial charge in [-0.1, -0.05) is 24.3 Å². The molecule has 0 radical (unpaired) electrons. The minimum atomic E-state index is -0.681. The van der Waals surface area contributed by atoms with Crippen molar-refractivity contribution in [3.05, 3.63) is 71.8 Å². The number of anilines is 1. The molecule has 0 atom stereocenters. The van der Waals surface area contributed by atoms with Crippen molar-refractivity contribution >= 4 is 28.3 Å². The molecule has 1 aliphatic rings. The van der Waals surface area contributed by atoms with Crippen molar-refractivity contribution in [1.29, 1.82) is 0 Å². The highest BCUT2D eigenvalue weighted by Crippen LogP contribution is 2.36. The number of hydrogen-bond acceptors (Lipinski definition) is 3. The molecule has 1 amide bonds. The summed E-state index contributed by atoms with van der Waals surface area (Å²) < 4.78 is 5.24. The number of carboxylic acids is 1. The molecular formula is C25H25NO4. The van der Waals surface area contributed by atoms with Crippen molar-refractivity contribution in [2.24, 2.45) is 5.92 Å². The number of fused-ring (bicyclic) bond motifs is 1. The Morgan fingerprint density at radius 3 is 2.23 bits per heavy atom. The second kappa shape index (κ2) is 8.57. The van der Waals surface area contributed by atoms with Gasteiger partial charge in [0.15, 0.2) is 0 Å². The summed E-state index contributed by atoms with van der Waals surface area (Å²) in [6, 6.07) is 19.3. The number of ether oxygens (including phenoxy) is 1. The van der Waals surface area contributed by atoms with E-state index in [1.54, 1.807) is 7.11 Å². The predicted molar refractivity (Wildman–Crippen MR) is 117 cm³/mol. The van der Waals surface area contributed by atoms with Gasteiger partial charge in [-0.25, -0.2) is 0 Å². The number of aliphatic carboxylic acids is 1. The Morgan fingerprint density at radius 1 is 0.900 bits per heavy atom. The van der Waals surface area contributed by atoms with Crippen molar-refractivity contribution in [1.82, 2.24) is 0 Å². The lowest BCUT2D eigenvalue weighted by molar-refractivity contribution is -0.142. The van der Waals surface area contributed by atoms with Crippen molar-refractivity contribution < 1.29 is 19.4 Å². The standard InChI is InChI=1S/C25H25NO4/c1-30-23-13-10-19-14-21(7-6-20(19)15-23)24(27)26-22-11-8-17(9-12-22)16-2-4-18(5-3-16)25(28)29/h6-16,18H,2-5H2,1H3,(H,26,27)(H,28,29)/t16-,18-. The van der Waals surface area contributed by atoms with Gasteiger partial charge in [-0.3, -0.25) is 9.59 Å². The molecule has 3 aromatic rings. The van der Waals surface area contributed by atoms with E-state index in [1.807, 2.05) is 60.7 Å². The molecule has 1 saturated carbocycles. The maximum Gasteiger partial charge on any atom is 0.306 e. The average molecular weight is 403 g/mol. The maximum absolute atomic E-state index is 12.7. The SMILES string of the molecule is COc1ccc2cc(C(=O)Nc3ccc([C@H]4CC[C@H](C(=O)O)CC4)cc3)ccc2c1. The zero-order chi connectivity index (χ0) is 21.1. The summed E-state index contributed by atoms with van der Waals surface area (Å²) in [5, 5.41) is 14.1. The molecule has 0 unspecified atom stereocenters. The van der Waals surface area contributed by atoms with E-state index >= 15 is 0 Å². The van der Waals surface area contributed by atoms with Crippen molar-refractivity contribution in [2.45, 2.75) is 31.6 Å². The monoisotopic (exact) mass is 403 g/mol. The Morgan fingerprint density at radius 2 is 1.57 bits per heavy atom. The first kappa shape index (κ1) is 20.0. The molecule has 30 heavy (non-hydrogen) atoms. The molecule has 5 nitrogen and oxygen atoms in total. The third kappa shape index (κ3) is 4.30. The number of methoxy groups -OCH3 is 1. The third-order valence-electron chi connectivity index (χ3n) is 6.03. The summed E-state index contributed by atoms with van der Waals surface area (Å²) in [7, 11) is 1.63. The highest BCUT2D eigenvalue weighted by atomic mass is 16.5. The van der Waals surface area contributed by atoms with E-state index < -0.39 is 5.97 Å². The quantitative estimate of drug-likeness (QED) is 0.593. The first-order valence-corrected chi connectivity index (χ1v) is 10.3. The van der Waals surface area contributed by atoms with E-state index in [0.717, 1.165) is 47.9 Å². The zero-order valence-electron chi connectivity index (χ0n) is 16.9. The predicted octanol–water partition coefficient (Wildman–Crippen LogP) is 5.46. The molecule has 0 bridgehead atoms. The minimum Gasteiger partial charge on any atom is -0.497 e. The fourth-order valence-corrected chi connectivity index (χ4v) is 4.21. The van der Waals surface area contributed by atoms with Gasteiger partial charge in [-0.2, -0.15) is 0 Å². The normalized spacial score (nSPS) is 18.7. The molecule has 4 rings (SSSR count). The van der Waals surface area contributed by atoms with Crippen LogP contribution in [0.5, 0.6) is 5.75 Å². The largest absolute Gasteiger partial charge is 0.497 e. The second-order valence-electron chi connectivity index (χ2n) is 7.89. The van der Waals surface area contributed by atoms with Gasteiger partial charge in [0.2, 0.25) is 0 Å². The minimum absolute atomic E-state index is 0.151. The molecule has 0 heterocycles. The number of hydrogen-bond donors (Lipinski definition) is 2. The molecule has 0 saturated heterocycles. The van der Waals surface area contributed by atoms with Crippen LogP contribution in [0, 0.1) is 5.92 Å². The van der Waals surface area contributed by atoms with E-state index in [-0.39, 0.29) is 11.8 Å². The maximum atomic E-state index is 12.7. The lowest BCUT2D eigenvalue weighted by atomic mass is 9.79. The summed E-state index contributed by atoms with van der Waals surface area (Å²) in [4.78, 5) is 23.8. The van der Waals surface area contributed by atoms with Gasteiger partial charge in [0.25, 0.3) is 5.91 Å². The first-order chi connectivity index (χ1) is 14.5. The summed E-state index contributed by atoms with van der Waals surface area (Å²) in [5.74, 6) is 0.142. The number of rotatable bonds is 5. The highest BCUT2D eigenvalue weighted by molar-refractivity contribution is 6.06. The third-order valence-corrected chi connectivity index (χ3v) is 6.03. The highest BCUT2D eigenvalue weighted by Gasteiger charge is 2.26. The van der Waals surface area contributed by atoms with Crippen LogP contribution in [-0.4, -0.2) is 24.1 Å². The van der Waals surface area contributed by atoms with Gasteiger partial charge in [-0.15, -0.1) is 0 Å². The number of carbonyl (C=O) groups is 2. The zero-order valence-corrected chi connectivity index (χ0v) is 16.9. The lowest BCUT2D eigenvalue weighted by Crippen LogP contribution is -2.20. The first-order valence-electron chi connectivity index (χ1n) is 10.3. The molecule has 1 fully saturated rings. The van der Waals surface area contributed by atoms with Crippen LogP contribution in [0.1, 0.15) is 47.5 Å². The van der Waals surface area contributed by atoms with Crippen LogP contribution in [-0.2, 0) is 4.79 Å². The van der Waals surface area contributed by atoms with E-state index in [4.69, 9.17) is 9.84 Å². The average Bonchev–Trinajstić information content (AvgIpc) is 2.79. The summed E-state index contributed by atoms with van der Waals surface area (Å²) in [6.45, 7) is 0. The Kier molecular flexibility index (Phi) is 5.70. The molecule has 154 valence electrons. The van der Waals surface area contributed by atoms with Gasteiger partial charge in [0.05, 0.1) is 13.0 Å². The molecule has 3 aromatic carbocycles. The topological polar surface area (TPSA) is 75.6 Å². The Bertz CT molecular complexity index is 1070. The molecule has 2 N–H and O–H groups in total. The fraction of sp³-hybridized carbons (Fsp3) is 0.280. The van der Waals surface area contributed by atoms with Gasteiger partial charge in [0.1, 0.15) is 5.75 Å². The number of nitrogens with one attached hydrogen (secondary N) is 1. The van der Waals surface area contributed by atoms with Crippen LogP contribution in [0.15, 0.2) is 60.7 Å².